The average molecular weight is 396 g/mol. The van der Waals surface area contributed by atoms with E-state index in [1.807, 2.05) is 12.4 Å². The second-order valence-electron chi connectivity index (χ2n) is 3.91. The van der Waals surface area contributed by atoms with E-state index in [-0.39, 0.29) is 5.41 Å². The van der Waals surface area contributed by atoms with Crippen LogP contribution in [0, 0.1) is 0 Å². The molecule has 15 heavy (non-hydrogen) atoms. The zero-order valence-corrected chi connectivity index (χ0v) is 14.6. The first kappa shape index (κ1) is 16.1. The van der Waals surface area contributed by atoms with Crippen LogP contribution < -0.4 is 0 Å². The molecule has 1 aromatic rings. The summed E-state index contributed by atoms with van der Waals surface area (Å²) in [5.41, 5.74) is 1.59. The van der Waals surface area contributed by atoms with Crippen LogP contribution in [0.1, 0.15) is 26.3 Å². The Hall–Kier alpha value is 1.11. The number of halogens is 4. The molecule has 0 aromatic carbocycles. The molecule has 1 aromatic heterocycles. The van der Waals surface area contributed by atoms with Gasteiger partial charge in [-0.25, -0.2) is 0 Å². The predicted octanol–water partition coefficient (Wildman–Crippen LogP) is 4.76. The van der Waals surface area contributed by atoms with E-state index in [9.17, 15) is 0 Å². The van der Waals surface area contributed by atoms with Crippen molar-refractivity contribution < 1.29 is 0 Å². The summed E-state index contributed by atoms with van der Waals surface area (Å²) in [6.07, 6.45) is 3.67. The SMILES string of the molecule is CC(C)(C)c1ccncc1.[Cl][Sn]([Cl])([Cl])[Cl]. The number of hydrogen-bond donors (Lipinski definition) is 0. The van der Waals surface area contributed by atoms with Crippen LogP contribution in [0.5, 0.6) is 0 Å². The maximum absolute atomic E-state index is 5.04. The van der Waals surface area contributed by atoms with Crippen LogP contribution in [-0.4, -0.2) is 18.9 Å². The Morgan fingerprint density at radius 3 is 1.53 bits per heavy atom. The van der Waals surface area contributed by atoms with Gasteiger partial charge in [0.2, 0.25) is 0 Å². The Kier molecular flexibility index (Phi) is 7.25. The van der Waals surface area contributed by atoms with Gasteiger partial charge in [-0.1, -0.05) is 20.8 Å². The summed E-state index contributed by atoms with van der Waals surface area (Å²) in [5.74, 6) is 0. The fourth-order valence-electron chi connectivity index (χ4n) is 0.852. The minimum atomic E-state index is -3.29. The van der Waals surface area contributed by atoms with Crippen LogP contribution in [0.15, 0.2) is 24.5 Å². The van der Waals surface area contributed by atoms with E-state index in [1.54, 1.807) is 0 Å². The molecule has 1 nitrogen and oxygen atoms in total. The first-order chi connectivity index (χ1) is 6.61. The summed E-state index contributed by atoms with van der Waals surface area (Å²) in [5, 5.41) is 0. The first-order valence-electron chi connectivity index (χ1n) is 4.27. The van der Waals surface area contributed by atoms with Crippen molar-refractivity contribution in [2.24, 2.45) is 0 Å². The molecule has 0 aliphatic carbocycles. The third-order valence-corrected chi connectivity index (χ3v) is 1.55. The monoisotopic (exact) mass is 395 g/mol. The molecule has 0 aliphatic heterocycles. The van der Waals surface area contributed by atoms with Gasteiger partial charge in [-0.3, -0.25) is 4.98 Å². The number of aromatic nitrogens is 1. The van der Waals surface area contributed by atoms with E-state index < -0.39 is 13.9 Å². The Morgan fingerprint density at radius 1 is 1.00 bits per heavy atom. The third-order valence-electron chi connectivity index (χ3n) is 1.55. The first-order valence-corrected chi connectivity index (χ1v) is 18.7. The van der Waals surface area contributed by atoms with Crippen LogP contribution in [0.2, 0.25) is 0 Å². The van der Waals surface area contributed by atoms with Gasteiger partial charge in [0.05, 0.1) is 0 Å². The van der Waals surface area contributed by atoms with Gasteiger partial charge in [0, 0.05) is 12.4 Å². The van der Waals surface area contributed by atoms with Crippen molar-refractivity contribution in [1.29, 1.82) is 0 Å². The fourth-order valence-corrected chi connectivity index (χ4v) is 0.852. The van der Waals surface area contributed by atoms with Crippen molar-refractivity contribution in [2.75, 3.05) is 0 Å². The molecule has 1 heterocycles. The van der Waals surface area contributed by atoms with E-state index in [0.29, 0.717) is 0 Å². The molecule has 0 bridgehead atoms. The molecule has 86 valence electrons. The molecular formula is C9H13Cl4NSn. The normalized spacial score (nSPS) is 11.7. The van der Waals surface area contributed by atoms with Crippen LogP contribution in [0.4, 0.5) is 0 Å². The van der Waals surface area contributed by atoms with Crippen LogP contribution in [0.3, 0.4) is 0 Å². The Labute approximate surface area is 110 Å². The second-order valence-corrected chi connectivity index (χ2v) is 29.4. The molecule has 0 amide bonds. The molecular weight excluding hydrogens is 383 g/mol. The van der Waals surface area contributed by atoms with E-state index >= 15 is 0 Å². The summed E-state index contributed by atoms with van der Waals surface area (Å²) in [7, 11) is 20.1. The zero-order chi connectivity index (χ0) is 12.1. The summed E-state index contributed by atoms with van der Waals surface area (Å²) in [4.78, 5) is 3.96. The topological polar surface area (TPSA) is 12.9 Å². The minimum absolute atomic E-state index is 0.253. The second kappa shape index (κ2) is 6.75. The van der Waals surface area contributed by atoms with Gasteiger partial charge in [0.1, 0.15) is 0 Å². The quantitative estimate of drug-likeness (QED) is 0.577. The number of rotatable bonds is 0. The van der Waals surface area contributed by atoms with E-state index in [1.165, 1.54) is 5.56 Å². The predicted molar refractivity (Wildman–Crippen MR) is 72.1 cm³/mol. The van der Waals surface area contributed by atoms with Crippen molar-refractivity contribution in [3.8, 4) is 0 Å². The summed E-state index contributed by atoms with van der Waals surface area (Å²) < 4.78 is 0. The van der Waals surface area contributed by atoms with Gasteiger partial charge in [-0.15, -0.1) is 0 Å². The van der Waals surface area contributed by atoms with Gasteiger partial charge in [-0.2, -0.15) is 0 Å². The van der Waals surface area contributed by atoms with Crippen molar-refractivity contribution in [1.82, 2.24) is 4.98 Å². The van der Waals surface area contributed by atoms with Crippen molar-refractivity contribution in [2.45, 2.75) is 26.2 Å². The maximum atomic E-state index is 5.04. The van der Waals surface area contributed by atoms with E-state index in [2.05, 4.69) is 37.9 Å². The van der Waals surface area contributed by atoms with Gasteiger partial charge in [0.15, 0.2) is 0 Å². The molecule has 0 N–H and O–H groups in total. The van der Waals surface area contributed by atoms with Crippen molar-refractivity contribution in [3.05, 3.63) is 30.1 Å². The summed E-state index contributed by atoms with van der Waals surface area (Å²) in [6, 6.07) is 4.11. The van der Waals surface area contributed by atoms with Gasteiger partial charge >= 0.3 is 49.6 Å². The molecule has 0 unspecified atom stereocenters. The Bertz CT molecular complexity index is 272. The van der Waals surface area contributed by atoms with Gasteiger partial charge < -0.3 is 0 Å². The number of pyridine rings is 1. The molecule has 1 rings (SSSR count). The molecule has 0 saturated carbocycles. The fraction of sp³-hybridized carbons (Fsp3) is 0.444. The standard InChI is InChI=1S/C9H13N.4ClH.Sn/c1-9(2,3)8-4-6-10-7-5-8;;;;;/h4-7H,1-3H3;4*1H;/q;;;;;+4/p-4. The number of hydrogen-bond acceptors (Lipinski definition) is 1. The third kappa shape index (κ3) is 11.4. The molecule has 0 atom stereocenters. The van der Waals surface area contributed by atoms with E-state index in [4.69, 9.17) is 35.7 Å². The van der Waals surface area contributed by atoms with Crippen LogP contribution >= 0.6 is 35.7 Å². The number of nitrogens with zero attached hydrogens (tertiary/aromatic N) is 1. The van der Waals surface area contributed by atoms with Crippen LogP contribution in [0.25, 0.3) is 0 Å². The molecule has 0 fully saturated rings. The average Bonchev–Trinajstić information content (AvgIpc) is 2.01. The molecule has 0 spiro atoms. The molecule has 0 radical (unpaired) electrons. The molecule has 0 aliphatic rings. The Balaban J connectivity index is 0.000000336. The van der Waals surface area contributed by atoms with Gasteiger partial charge in [0.25, 0.3) is 0 Å². The summed E-state index contributed by atoms with van der Waals surface area (Å²) >= 11 is -3.29. The zero-order valence-electron chi connectivity index (χ0n) is 8.77. The molecule has 0 saturated heterocycles. The van der Waals surface area contributed by atoms with E-state index in [0.717, 1.165) is 0 Å². The van der Waals surface area contributed by atoms with Gasteiger partial charge in [-0.05, 0) is 23.1 Å². The molecule has 6 heteroatoms. The summed E-state index contributed by atoms with van der Waals surface area (Å²) in [6.45, 7) is 6.59. The van der Waals surface area contributed by atoms with Crippen molar-refractivity contribution >= 4 is 49.6 Å². The van der Waals surface area contributed by atoms with Crippen molar-refractivity contribution in [3.63, 3.8) is 0 Å². The van der Waals surface area contributed by atoms with Crippen LogP contribution in [-0.2, 0) is 5.41 Å². The Morgan fingerprint density at radius 2 is 1.33 bits per heavy atom.